The Morgan fingerprint density at radius 3 is 2.71 bits per heavy atom. The summed E-state index contributed by atoms with van der Waals surface area (Å²) in [6.45, 7) is 0. The van der Waals surface area contributed by atoms with Crippen LogP contribution in [0.1, 0.15) is 37.3 Å². The van der Waals surface area contributed by atoms with E-state index in [1.165, 1.54) is 18.4 Å². The summed E-state index contributed by atoms with van der Waals surface area (Å²) in [5, 5.41) is 1.38. The van der Waals surface area contributed by atoms with E-state index in [2.05, 4.69) is 11.5 Å². The lowest BCUT2D eigenvalue weighted by Crippen LogP contribution is -2.30. The Balaban J connectivity index is 2.34. The summed E-state index contributed by atoms with van der Waals surface area (Å²) in [5.41, 5.74) is 5.11. The summed E-state index contributed by atoms with van der Waals surface area (Å²) in [4.78, 5) is 0. The van der Waals surface area contributed by atoms with E-state index < -0.39 is 0 Å². The van der Waals surface area contributed by atoms with E-state index in [1.807, 2.05) is 12.1 Å². The Bertz CT molecular complexity index is 429. The van der Waals surface area contributed by atoms with Crippen molar-refractivity contribution in [1.29, 1.82) is 0 Å². The predicted molar refractivity (Wildman–Crippen MR) is 73.1 cm³/mol. The molecule has 3 N–H and O–H groups in total. The van der Waals surface area contributed by atoms with Crippen LogP contribution in [0.4, 0.5) is 0 Å². The van der Waals surface area contributed by atoms with Crippen LogP contribution in [0.15, 0.2) is 29.8 Å². The Kier molecular flexibility index (Phi) is 4.46. The van der Waals surface area contributed by atoms with Crippen molar-refractivity contribution in [3.8, 4) is 0 Å². The highest BCUT2D eigenvalue weighted by atomic mass is 35.5. The zero-order valence-corrected chi connectivity index (χ0v) is 11.1. The van der Waals surface area contributed by atoms with Crippen LogP contribution < -0.4 is 11.3 Å². The summed E-state index contributed by atoms with van der Waals surface area (Å²) < 4.78 is 0. The predicted octanol–water partition coefficient (Wildman–Crippen LogP) is 4.00. The molecule has 1 aliphatic carbocycles. The van der Waals surface area contributed by atoms with Gasteiger partial charge in [-0.1, -0.05) is 34.9 Å². The molecule has 92 valence electrons. The third-order valence-electron chi connectivity index (χ3n) is 3.13. The Hall–Kier alpha value is -0.540. The fourth-order valence-electron chi connectivity index (χ4n) is 2.26. The van der Waals surface area contributed by atoms with Crippen LogP contribution in [0.25, 0.3) is 0 Å². The number of hydrogen-bond donors (Lipinski definition) is 2. The summed E-state index contributed by atoms with van der Waals surface area (Å²) in [6.07, 6.45) is 6.90. The van der Waals surface area contributed by atoms with Crippen LogP contribution in [0.3, 0.4) is 0 Å². The van der Waals surface area contributed by atoms with Crippen molar-refractivity contribution in [2.75, 3.05) is 0 Å². The van der Waals surface area contributed by atoms with E-state index in [1.54, 1.807) is 6.07 Å². The van der Waals surface area contributed by atoms with Crippen molar-refractivity contribution in [3.05, 3.63) is 45.5 Å². The number of allylic oxidation sites excluding steroid dienone is 1. The largest absolute Gasteiger partial charge is 0.271 e. The minimum absolute atomic E-state index is 0.0264. The second-order valence-electron chi connectivity index (χ2n) is 4.29. The molecular weight excluding hydrogens is 255 g/mol. The van der Waals surface area contributed by atoms with Crippen LogP contribution in [0, 0.1) is 0 Å². The van der Waals surface area contributed by atoms with Gasteiger partial charge in [0.2, 0.25) is 0 Å². The second kappa shape index (κ2) is 5.87. The molecule has 1 unspecified atom stereocenters. The van der Waals surface area contributed by atoms with Gasteiger partial charge in [0.05, 0.1) is 6.04 Å². The molecule has 1 aliphatic rings. The van der Waals surface area contributed by atoms with Crippen LogP contribution in [0.5, 0.6) is 0 Å². The molecule has 0 aromatic heterocycles. The highest BCUT2D eigenvalue weighted by molar-refractivity contribution is 6.33. The highest BCUT2D eigenvalue weighted by Gasteiger charge is 2.19. The lowest BCUT2D eigenvalue weighted by Gasteiger charge is -2.24. The molecule has 4 heteroatoms. The number of hydrogen-bond acceptors (Lipinski definition) is 2. The maximum Gasteiger partial charge on any atom is 0.0685 e. The van der Waals surface area contributed by atoms with E-state index in [-0.39, 0.29) is 6.04 Å². The van der Waals surface area contributed by atoms with Gasteiger partial charge in [0.1, 0.15) is 0 Å². The standard InChI is InChI=1S/C13H16Cl2N2/c14-10-6-7-12(15)11(8-10)13(17-16)9-4-2-1-3-5-9/h4,6-8,13,17H,1-3,5,16H2. The smallest absolute Gasteiger partial charge is 0.0685 e. The number of benzene rings is 1. The van der Waals surface area contributed by atoms with Gasteiger partial charge in [0.25, 0.3) is 0 Å². The molecule has 17 heavy (non-hydrogen) atoms. The van der Waals surface area contributed by atoms with E-state index in [4.69, 9.17) is 29.0 Å². The fourth-order valence-corrected chi connectivity index (χ4v) is 2.66. The molecule has 1 aromatic carbocycles. The molecule has 0 bridgehead atoms. The molecule has 0 radical (unpaired) electrons. The average Bonchev–Trinajstić information content (AvgIpc) is 2.36. The minimum atomic E-state index is -0.0264. The monoisotopic (exact) mass is 270 g/mol. The molecule has 0 aliphatic heterocycles. The zero-order chi connectivity index (χ0) is 12.3. The van der Waals surface area contributed by atoms with Gasteiger partial charge in [0.15, 0.2) is 0 Å². The van der Waals surface area contributed by atoms with Crippen LogP contribution in [-0.2, 0) is 0 Å². The molecule has 0 saturated carbocycles. The van der Waals surface area contributed by atoms with Crippen molar-refractivity contribution in [3.63, 3.8) is 0 Å². The number of rotatable bonds is 3. The summed E-state index contributed by atoms with van der Waals surface area (Å²) in [6, 6.07) is 5.45. The molecule has 0 spiro atoms. The first kappa shape index (κ1) is 12.9. The van der Waals surface area contributed by atoms with Crippen LogP contribution in [0.2, 0.25) is 10.0 Å². The number of nitrogens with two attached hydrogens (primary N) is 1. The zero-order valence-electron chi connectivity index (χ0n) is 9.55. The normalized spacial score (nSPS) is 17.7. The minimum Gasteiger partial charge on any atom is -0.271 e. The first-order valence-electron chi connectivity index (χ1n) is 5.82. The SMILES string of the molecule is NNC(C1=CCCCC1)c1cc(Cl)ccc1Cl. The van der Waals surface area contributed by atoms with Gasteiger partial charge >= 0.3 is 0 Å². The lowest BCUT2D eigenvalue weighted by molar-refractivity contribution is 0.566. The Morgan fingerprint density at radius 2 is 2.06 bits per heavy atom. The Labute approximate surface area is 112 Å². The fraction of sp³-hybridized carbons (Fsp3) is 0.385. The van der Waals surface area contributed by atoms with Crippen molar-refractivity contribution >= 4 is 23.2 Å². The average molecular weight is 271 g/mol. The van der Waals surface area contributed by atoms with Crippen molar-refractivity contribution in [2.45, 2.75) is 31.7 Å². The first-order chi connectivity index (χ1) is 8.22. The molecule has 2 nitrogen and oxygen atoms in total. The number of nitrogens with one attached hydrogen (secondary N) is 1. The van der Waals surface area contributed by atoms with Crippen LogP contribution >= 0.6 is 23.2 Å². The van der Waals surface area contributed by atoms with E-state index in [0.29, 0.717) is 10.0 Å². The summed E-state index contributed by atoms with van der Waals surface area (Å²) >= 11 is 12.2. The quantitative estimate of drug-likeness (QED) is 0.495. The number of halogens is 2. The second-order valence-corrected chi connectivity index (χ2v) is 5.13. The Morgan fingerprint density at radius 1 is 1.24 bits per heavy atom. The van der Waals surface area contributed by atoms with Gasteiger partial charge in [-0.05, 0) is 49.4 Å². The van der Waals surface area contributed by atoms with E-state index >= 15 is 0 Å². The van der Waals surface area contributed by atoms with Gasteiger partial charge in [-0.3, -0.25) is 5.84 Å². The van der Waals surface area contributed by atoms with Crippen molar-refractivity contribution in [1.82, 2.24) is 5.43 Å². The van der Waals surface area contributed by atoms with E-state index in [9.17, 15) is 0 Å². The summed E-state index contributed by atoms with van der Waals surface area (Å²) in [5.74, 6) is 5.66. The maximum atomic E-state index is 6.21. The molecule has 1 atom stereocenters. The molecule has 0 fully saturated rings. The van der Waals surface area contributed by atoms with Crippen molar-refractivity contribution < 1.29 is 0 Å². The molecule has 0 saturated heterocycles. The van der Waals surface area contributed by atoms with Crippen LogP contribution in [-0.4, -0.2) is 0 Å². The van der Waals surface area contributed by atoms with Gasteiger partial charge in [-0.15, -0.1) is 0 Å². The van der Waals surface area contributed by atoms with Gasteiger partial charge in [-0.2, -0.15) is 0 Å². The first-order valence-corrected chi connectivity index (χ1v) is 6.58. The molecule has 0 heterocycles. The third-order valence-corrected chi connectivity index (χ3v) is 3.71. The van der Waals surface area contributed by atoms with Gasteiger partial charge in [-0.25, -0.2) is 5.43 Å². The highest BCUT2D eigenvalue weighted by Crippen LogP contribution is 2.34. The summed E-state index contributed by atoms with van der Waals surface area (Å²) in [7, 11) is 0. The molecular formula is C13H16Cl2N2. The lowest BCUT2D eigenvalue weighted by atomic mass is 9.90. The van der Waals surface area contributed by atoms with Crippen molar-refractivity contribution in [2.24, 2.45) is 5.84 Å². The molecule has 1 aromatic rings. The maximum absolute atomic E-state index is 6.21. The molecule has 0 amide bonds. The van der Waals surface area contributed by atoms with E-state index in [0.717, 1.165) is 18.4 Å². The number of hydrazine groups is 1. The van der Waals surface area contributed by atoms with Gasteiger partial charge < -0.3 is 0 Å². The molecule has 2 rings (SSSR count). The van der Waals surface area contributed by atoms with Gasteiger partial charge in [0, 0.05) is 10.0 Å². The third kappa shape index (κ3) is 3.02. The topological polar surface area (TPSA) is 38.0 Å².